The summed E-state index contributed by atoms with van der Waals surface area (Å²) in [7, 11) is 0. The Bertz CT molecular complexity index is 269. The molecule has 5 heteroatoms. The van der Waals surface area contributed by atoms with Gasteiger partial charge in [0.05, 0.1) is 12.7 Å². The molecule has 0 saturated carbocycles. The molecule has 2 fully saturated rings. The third kappa shape index (κ3) is 2.78. The van der Waals surface area contributed by atoms with Crippen molar-refractivity contribution in [1.29, 1.82) is 0 Å². The van der Waals surface area contributed by atoms with Gasteiger partial charge in [0, 0.05) is 26.3 Å². The molecule has 0 aliphatic carbocycles. The van der Waals surface area contributed by atoms with Gasteiger partial charge in [-0.05, 0) is 26.2 Å². The summed E-state index contributed by atoms with van der Waals surface area (Å²) in [4.78, 5) is 14.1. The number of carbonyl (C=O) groups is 1. The molecular formula is C12H22N2O3. The summed E-state index contributed by atoms with van der Waals surface area (Å²) in [6.45, 7) is 5.20. The first kappa shape index (κ1) is 12.8. The van der Waals surface area contributed by atoms with E-state index in [-0.39, 0.29) is 5.91 Å². The molecule has 2 heterocycles. The van der Waals surface area contributed by atoms with E-state index in [2.05, 4.69) is 0 Å². The van der Waals surface area contributed by atoms with E-state index >= 15 is 0 Å². The van der Waals surface area contributed by atoms with Crippen LogP contribution in [0.5, 0.6) is 0 Å². The molecule has 0 aromatic rings. The van der Waals surface area contributed by atoms with Gasteiger partial charge in [-0.25, -0.2) is 0 Å². The topological polar surface area (TPSA) is 64.8 Å². The van der Waals surface area contributed by atoms with Crippen molar-refractivity contribution in [2.75, 3.05) is 32.9 Å². The highest BCUT2D eigenvalue weighted by Crippen LogP contribution is 2.22. The molecule has 98 valence electrons. The number of nitrogens with two attached hydrogens (primary N) is 1. The monoisotopic (exact) mass is 242 g/mol. The molecule has 0 spiro atoms. The van der Waals surface area contributed by atoms with E-state index in [1.54, 1.807) is 0 Å². The van der Waals surface area contributed by atoms with Gasteiger partial charge in [-0.1, -0.05) is 0 Å². The van der Waals surface area contributed by atoms with E-state index in [0.29, 0.717) is 25.7 Å². The molecule has 2 aliphatic rings. The molecule has 1 amide bonds. The van der Waals surface area contributed by atoms with Crippen LogP contribution in [0.1, 0.15) is 26.2 Å². The highest BCUT2D eigenvalue weighted by molar-refractivity contribution is 5.86. The van der Waals surface area contributed by atoms with Crippen molar-refractivity contribution in [3.8, 4) is 0 Å². The summed E-state index contributed by atoms with van der Waals surface area (Å²) in [5, 5.41) is 0. The SMILES string of the molecule is CCOC1CCN(C(=O)C2(N)CCOC2)CC1. The fourth-order valence-corrected chi connectivity index (χ4v) is 2.53. The Balaban J connectivity index is 1.86. The van der Waals surface area contributed by atoms with Crippen molar-refractivity contribution < 1.29 is 14.3 Å². The highest BCUT2D eigenvalue weighted by Gasteiger charge is 2.41. The van der Waals surface area contributed by atoms with Crippen LogP contribution in [0.3, 0.4) is 0 Å². The number of carbonyl (C=O) groups excluding carboxylic acids is 1. The second kappa shape index (κ2) is 5.33. The number of ether oxygens (including phenoxy) is 2. The van der Waals surface area contributed by atoms with E-state index in [4.69, 9.17) is 15.2 Å². The quantitative estimate of drug-likeness (QED) is 0.764. The second-order valence-corrected chi connectivity index (χ2v) is 4.91. The number of hydrogen-bond donors (Lipinski definition) is 1. The lowest BCUT2D eigenvalue weighted by atomic mass is 9.96. The van der Waals surface area contributed by atoms with Crippen LogP contribution in [0.4, 0.5) is 0 Å². The number of nitrogens with zero attached hydrogens (tertiary/aromatic N) is 1. The average Bonchev–Trinajstić information content (AvgIpc) is 2.78. The molecule has 2 aliphatic heterocycles. The number of rotatable bonds is 3. The summed E-state index contributed by atoms with van der Waals surface area (Å²) < 4.78 is 10.8. The number of likely N-dealkylation sites (tertiary alicyclic amines) is 1. The Morgan fingerprint density at radius 1 is 1.53 bits per heavy atom. The van der Waals surface area contributed by atoms with Crippen LogP contribution in [0.15, 0.2) is 0 Å². The van der Waals surface area contributed by atoms with Gasteiger partial charge in [0.1, 0.15) is 5.54 Å². The first-order valence-electron chi connectivity index (χ1n) is 6.43. The maximum Gasteiger partial charge on any atom is 0.245 e. The molecule has 0 radical (unpaired) electrons. The molecule has 17 heavy (non-hydrogen) atoms. The van der Waals surface area contributed by atoms with Crippen molar-refractivity contribution in [2.24, 2.45) is 5.73 Å². The van der Waals surface area contributed by atoms with Gasteiger partial charge < -0.3 is 20.1 Å². The molecule has 0 aromatic carbocycles. The maximum atomic E-state index is 12.3. The molecule has 5 nitrogen and oxygen atoms in total. The van der Waals surface area contributed by atoms with Gasteiger partial charge >= 0.3 is 0 Å². The molecule has 1 atom stereocenters. The number of piperidine rings is 1. The van der Waals surface area contributed by atoms with Gasteiger partial charge in [-0.15, -0.1) is 0 Å². The van der Waals surface area contributed by atoms with Crippen LogP contribution >= 0.6 is 0 Å². The van der Waals surface area contributed by atoms with Gasteiger partial charge in [0.25, 0.3) is 0 Å². The second-order valence-electron chi connectivity index (χ2n) is 4.91. The molecule has 2 rings (SSSR count). The smallest absolute Gasteiger partial charge is 0.245 e. The third-order valence-corrected chi connectivity index (χ3v) is 3.61. The third-order valence-electron chi connectivity index (χ3n) is 3.61. The van der Waals surface area contributed by atoms with Crippen LogP contribution in [-0.2, 0) is 14.3 Å². The van der Waals surface area contributed by atoms with Crippen molar-refractivity contribution in [3.05, 3.63) is 0 Å². The van der Waals surface area contributed by atoms with Gasteiger partial charge in [-0.3, -0.25) is 4.79 Å². The first-order valence-corrected chi connectivity index (χ1v) is 6.43. The summed E-state index contributed by atoms with van der Waals surface area (Å²) in [5.41, 5.74) is 5.30. The lowest BCUT2D eigenvalue weighted by Crippen LogP contribution is -2.57. The lowest BCUT2D eigenvalue weighted by molar-refractivity contribution is -0.139. The number of amides is 1. The van der Waals surface area contributed by atoms with Gasteiger partial charge in [0.15, 0.2) is 0 Å². The molecule has 2 saturated heterocycles. The van der Waals surface area contributed by atoms with Gasteiger partial charge in [-0.2, -0.15) is 0 Å². The Kier molecular flexibility index (Phi) is 4.01. The highest BCUT2D eigenvalue weighted by atomic mass is 16.5. The van der Waals surface area contributed by atoms with E-state index in [9.17, 15) is 4.79 Å². The Hall–Kier alpha value is -0.650. The fourth-order valence-electron chi connectivity index (χ4n) is 2.53. The standard InChI is InChI=1S/C12H22N2O3/c1-2-17-10-3-6-14(7-4-10)11(15)12(13)5-8-16-9-12/h10H,2-9,13H2,1H3. The van der Waals surface area contributed by atoms with E-state index in [1.807, 2.05) is 11.8 Å². The van der Waals surface area contributed by atoms with E-state index in [0.717, 1.165) is 32.5 Å². The van der Waals surface area contributed by atoms with Crippen LogP contribution in [-0.4, -0.2) is 55.4 Å². The van der Waals surface area contributed by atoms with Crippen molar-refractivity contribution >= 4 is 5.91 Å². The first-order chi connectivity index (χ1) is 8.15. The summed E-state index contributed by atoms with van der Waals surface area (Å²) in [6, 6.07) is 0. The normalized spacial score (nSPS) is 30.8. The molecule has 0 bridgehead atoms. The van der Waals surface area contributed by atoms with Crippen LogP contribution in [0.2, 0.25) is 0 Å². The largest absolute Gasteiger partial charge is 0.379 e. The Morgan fingerprint density at radius 3 is 2.76 bits per heavy atom. The molecule has 1 unspecified atom stereocenters. The zero-order valence-electron chi connectivity index (χ0n) is 10.5. The lowest BCUT2D eigenvalue weighted by Gasteiger charge is -2.36. The summed E-state index contributed by atoms with van der Waals surface area (Å²) >= 11 is 0. The minimum atomic E-state index is -0.779. The van der Waals surface area contributed by atoms with Crippen LogP contribution in [0, 0.1) is 0 Å². The van der Waals surface area contributed by atoms with Gasteiger partial charge in [0.2, 0.25) is 5.91 Å². The summed E-state index contributed by atoms with van der Waals surface area (Å²) in [6.07, 6.45) is 2.77. The maximum absolute atomic E-state index is 12.3. The van der Waals surface area contributed by atoms with Crippen molar-refractivity contribution in [1.82, 2.24) is 4.90 Å². The van der Waals surface area contributed by atoms with E-state index in [1.165, 1.54) is 0 Å². The predicted molar refractivity (Wildman–Crippen MR) is 63.6 cm³/mol. The molecular weight excluding hydrogens is 220 g/mol. The predicted octanol–water partition coefficient (Wildman–Crippen LogP) is 0.132. The number of hydrogen-bond acceptors (Lipinski definition) is 4. The minimum absolute atomic E-state index is 0.0462. The zero-order valence-corrected chi connectivity index (χ0v) is 10.5. The molecule has 0 aromatic heterocycles. The summed E-state index contributed by atoms with van der Waals surface area (Å²) in [5.74, 6) is 0.0462. The average molecular weight is 242 g/mol. The van der Waals surface area contributed by atoms with Crippen LogP contribution in [0.25, 0.3) is 0 Å². The minimum Gasteiger partial charge on any atom is -0.379 e. The molecule has 2 N–H and O–H groups in total. The fraction of sp³-hybridized carbons (Fsp3) is 0.917. The van der Waals surface area contributed by atoms with Crippen molar-refractivity contribution in [3.63, 3.8) is 0 Å². The van der Waals surface area contributed by atoms with Crippen LogP contribution < -0.4 is 5.73 Å². The van der Waals surface area contributed by atoms with E-state index < -0.39 is 5.54 Å². The Labute approximate surface area is 102 Å². The zero-order chi connectivity index (χ0) is 12.3. The Morgan fingerprint density at radius 2 is 2.24 bits per heavy atom. The van der Waals surface area contributed by atoms with Crippen molar-refractivity contribution in [2.45, 2.75) is 37.8 Å².